The second-order valence-corrected chi connectivity index (χ2v) is 7.26. The molecule has 136 valence electrons. The molecule has 2 saturated heterocycles. The van der Waals surface area contributed by atoms with Crippen LogP contribution in [0.5, 0.6) is 0 Å². The normalized spacial score (nSPS) is 21.0. The number of likely N-dealkylation sites (tertiary alicyclic amines) is 2. The van der Waals surface area contributed by atoms with Crippen LogP contribution in [0.4, 0.5) is 0 Å². The van der Waals surface area contributed by atoms with Gasteiger partial charge in [-0.3, -0.25) is 14.4 Å². The monoisotopic (exact) mass is 345 g/mol. The molecule has 2 amide bonds. The number of rotatable bonds is 4. The quantitative estimate of drug-likeness (QED) is 0.907. The number of nitrogens with one attached hydrogen (secondary N) is 1. The molecule has 0 bridgehead atoms. The average molecular weight is 345 g/mol. The molecule has 1 aromatic heterocycles. The van der Waals surface area contributed by atoms with E-state index in [9.17, 15) is 14.4 Å². The topological polar surface area (TPSA) is 73.5 Å². The van der Waals surface area contributed by atoms with Gasteiger partial charge in [0.05, 0.1) is 0 Å². The highest BCUT2D eigenvalue weighted by Gasteiger charge is 2.31. The summed E-state index contributed by atoms with van der Waals surface area (Å²) in [6, 6.07) is 1.95. The summed E-state index contributed by atoms with van der Waals surface area (Å²) in [5, 5.41) is 0. The molecule has 3 heterocycles. The lowest BCUT2D eigenvalue weighted by Gasteiger charge is -2.36. The van der Waals surface area contributed by atoms with Crippen molar-refractivity contribution in [3.8, 4) is 0 Å². The van der Waals surface area contributed by atoms with Crippen LogP contribution in [-0.2, 0) is 4.79 Å². The second kappa shape index (κ2) is 7.42. The standard InChI is InChI=1S/C19H27N3O3/c1-13-12-14(2)20-18(24)17(13)19(25)22-10-4-3-6-15(22)8-11-21-9-5-7-16(21)23/h12,15H,3-11H2,1-2H3,(H,20,24)/t15-/m0/s1. The minimum absolute atomic E-state index is 0.106. The SMILES string of the molecule is Cc1cc(C)c(C(=O)N2CCCC[C@H]2CCN2CCCC2=O)c(=O)[nH]1. The van der Waals surface area contributed by atoms with Gasteiger partial charge in [-0.2, -0.15) is 0 Å². The van der Waals surface area contributed by atoms with Gasteiger partial charge in [-0.1, -0.05) is 0 Å². The number of carbonyl (C=O) groups excluding carboxylic acids is 2. The molecule has 0 saturated carbocycles. The van der Waals surface area contributed by atoms with Crippen molar-refractivity contribution in [3.63, 3.8) is 0 Å². The van der Waals surface area contributed by atoms with Gasteiger partial charge in [0, 0.05) is 37.8 Å². The summed E-state index contributed by atoms with van der Waals surface area (Å²) in [5.74, 6) is 0.0516. The van der Waals surface area contributed by atoms with Crippen molar-refractivity contribution in [2.24, 2.45) is 0 Å². The molecule has 0 aromatic carbocycles. The predicted octanol–water partition coefficient (Wildman–Crippen LogP) is 2.00. The van der Waals surface area contributed by atoms with Crippen LogP contribution in [0.25, 0.3) is 0 Å². The Bertz CT molecular complexity index is 725. The minimum Gasteiger partial charge on any atom is -0.343 e. The molecule has 25 heavy (non-hydrogen) atoms. The van der Waals surface area contributed by atoms with Crippen LogP contribution in [0.2, 0.25) is 0 Å². The van der Waals surface area contributed by atoms with Crippen molar-refractivity contribution in [3.05, 3.63) is 33.2 Å². The third kappa shape index (κ3) is 3.78. The zero-order valence-corrected chi connectivity index (χ0v) is 15.1. The molecule has 1 atom stereocenters. The maximum absolute atomic E-state index is 13.0. The molecule has 1 N–H and O–H groups in total. The van der Waals surface area contributed by atoms with E-state index in [1.165, 1.54) is 0 Å². The third-order valence-corrected chi connectivity index (χ3v) is 5.37. The largest absolute Gasteiger partial charge is 0.343 e. The fourth-order valence-electron chi connectivity index (χ4n) is 4.08. The molecule has 1 aromatic rings. The Morgan fingerprint density at radius 3 is 2.68 bits per heavy atom. The summed E-state index contributed by atoms with van der Waals surface area (Å²) in [5.41, 5.74) is 1.45. The molecular weight excluding hydrogens is 318 g/mol. The Morgan fingerprint density at radius 1 is 1.20 bits per heavy atom. The minimum atomic E-state index is -0.304. The van der Waals surface area contributed by atoms with Crippen LogP contribution in [0.15, 0.2) is 10.9 Å². The molecule has 0 radical (unpaired) electrons. The van der Waals surface area contributed by atoms with Gasteiger partial charge in [-0.15, -0.1) is 0 Å². The maximum Gasteiger partial charge on any atom is 0.261 e. The van der Waals surface area contributed by atoms with E-state index < -0.39 is 0 Å². The van der Waals surface area contributed by atoms with Crippen LogP contribution >= 0.6 is 0 Å². The van der Waals surface area contributed by atoms with E-state index >= 15 is 0 Å². The molecule has 0 unspecified atom stereocenters. The number of hydrogen-bond acceptors (Lipinski definition) is 3. The Morgan fingerprint density at radius 2 is 2.00 bits per heavy atom. The summed E-state index contributed by atoms with van der Waals surface area (Å²) in [6.45, 7) is 5.85. The second-order valence-electron chi connectivity index (χ2n) is 7.26. The first-order chi connectivity index (χ1) is 12.0. The lowest BCUT2D eigenvalue weighted by Crippen LogP contribution is -2.47. The first-order valence-electron chi connectivity index (χ1n) is 9.26. The van der Waals surface area contributed by atoms with Gasteiger partial charge in [0.2, 0.25) is 5.91 Å². The zero-order chi connectivity index (χ0) is 18.0. The number of aryl methyl sites for hydroxylation is 2. The van der Waals surface area contributed by atoms with Crippen LogP contribution < -0.4 is 5.56 Å². The molecule has 0 spiro atoms. The number of aromatic amines is 1. The van der Waals surface area contributed by atoms with Crippen molar-refractivity contribution >= 4 is 11.8 Å². The van der Waals surface area contributed by atoms with E-state index in [-0.39, 0.29) is 29.0 Å². The van der Waals surface area contributed by atoms with E-state index in [2.05, 4.69) is 4.98 Å². The molecule has 2 aliphatic heterocycles. The first-order valence-corrected chi connectivity index (χ1v) is 9.26. The Labute approximate surface area is 148 Å². The van der Waals surface area contributed by atoms with Crippen molar-refractivity contribution in [2.45, 2.75) is 58.4 Å². The van der Waals surface area contributed by atoms with Gasteiger partial charge in [0.25, 0.3) is 11.5 Å². The van der Waals surface area contributed by atoms with Gasteiger partial charge in [0.1, 0.15) is 5.56 Å². The summed E-state index contributed by atoms with van der Waals surface area (Å²) < 4.78 is 0. The molecule has 2 fully saturated rings. The van der Waals surface area contributed by atoms with Crippen LogP contribution in [-0.4, -0.2) is 52.3 Å². The van der Waals surface area contributed by atoms with Crippen LogP contribution in [0.3, 0.4) is 0 Å². The van der Waals surface area contributed by atoms with Crippen molar-refractivity contribution < 1.29 is 9.59 Å². The van der Waals surface area contributed by atoms with Gasteiger partial charge in [-0.25, -0.2) is 0 Å². The number of H-pyrrole nitrogens is 1. The Kier molecular flexibility index (Phi) is 5.25. The Hall–Kier alpha value is -2.11. The van der Waals surface area contributed by atoms with Crippen LogP contribution in [0.1, 0.15) is 60.1 Å². The molecule has 0 aliphatic carbocycles. The number of carbonyl (C=O) groups is 2. The summed E-state index contributed by atoms with van der Waals surface area (Å²) >= 11 is 0. The average Bonchev–Trinajstić information content (AvgIpc) is 2.97. The molecule has 6 nitrogen and oxygen atoms in total. The molecule has 6 heteroatoms. The highest BCUT2D eigenvalue weighted by Crippen LogP contribution is 2.23. The van der Waals surface area contributed by atoms with Crippen LogP contribution in [0, 0.1) is 13.8 Å². The number of pyridine rings is 1. The number of aromatic nitrogens is 1. The van der Waals surface area contributed by atoms with Crippen molar-refractivity contribution in [1.82, 2.24) is 14.8 Å². The van der Waals surface area contributed by atoms with E-state index in [0.717, 1.165) is 49.9 Å². The number of piperidine rings is 1. The lowest BCUT2D eigenvalue weighted by atomic mass is 9.97. The van der Waals surface area contributed by atoms with Gasteiger partial charge >= 0.3 is 0 Å². The number of amides is 2. The summed E-state index contributed by atoms with van der Waals surface area (Å²) in [4.78, 5) is 43.7. The predicted molar refractivity (Wildman–Crippen MR) is 95.6 cm³/mol. The lowest BCUT2D eigenvalue weighted by molar-refractivity contribution is -0.127. The van der Waals surface area contributed by atoms with Gasteiger partial charge < -0.3 is 14.8 Å². The maximum atomic E-state index is 13.0. The van der Waals surface area contributed by atoms with Gasteiger partial charge in [-0.05, 0) is 57.6 Å². The molecule has 3 rings (SSSR count). The smallest absolute Gasteiger partial charge is 0.261 e. The zero-order valence-electron chi connectivity index (χ0n) is 15.1. The molecular formula is C19H27N3O3. The van der Waals surface area contributed by atoms with E-state index in [1.54, 1.807) is 0 Å². The number of hydrogen-bond donors (Lipinski definition) is 1. The third-order valence-electron chi connectivity index (χ3n) is 5.37. The summed E-state index contributed by atoms with van der Waals surface area (Å²) in [7, 11) is 0. The fraction of sp³-hybridized carbons (Fsp3) is 0.632. The molecule has 2 aliphatic rings. The van der Waals surface area contributed by atoms with E-state index in [0.29, 0.717) is 19.5 Å². The summed E-state index contributed by atoms with van der Waals surface area (Å²) in [6.07, 6.45) is 5.37. The fourth-order valence-corrected chi connectivity index (χ4v) is 4.08. The highest BCUT2D eigenvalue weighted by atomic mass is 16.2. The van der Waals surface area contributed by atoms with Crippen molar-refractivity contribution in [1.29, 1.82) is 0 Å². The highest BCUT2D eigenvalue weighted by molar-refractivity contribution is 5.95. The Balaban J connectivity index is 1.75. The van der Waals surface area contributed by atoms with Gasteiger partial charge in [0.15, 0.2) is 0 Å². The van der Waals surface area contributed by atoms with E-state index in [1.807, 2.05) is 29.7 Å². The van der Waals surface area contributed by atoms with E-state index in [4.69, 9.17) is 0 Å². The van der Waals surface area contributed by atoms with Crippen molar-refractivity contribution in [2.75, 3.05) is 19.6 Å². The first kappa shape index (κ1) is 17.7. The number of nitrogens with zero attached hydrogens (tertiary/aromatic N) is 2.